The summed E-state index contributed by atoms with van der Waals surface area (Å²) < 4.78 is 55.3. The molecule has 2 fully saturated rings. The third-order valence-corrected chi connectivity index (χ3v) is 12.2. The summed E-state index contributed by atoms with van der Waals surface area (Å²) in [5.74, 6) is -0.564. The average Bonchev–Trinajstić information content (AvgIpc) is 3.22. The fraction of sp³-hybridized carbons (Fsp3) is 0.833. The van der Waals surface area contributed by atoms with Crippen LogP contribution in [0.1, 0.15) is 47.0 Å². The van der Waals surface area contributed by atoms with E-state index >= 15 is 0 Å². The van der Waals surface area contributed by atoms with Crippen molar-refractivity contribution in [2.45, 2.75) is 51.9 Å². The van der Waals surface area contributed by atoms with Crippen LogP contribution in [0.2, 0.25) is 0 Å². The molecule has 162 valence electrons. The molecule has 2 aliphatic carbocycles. The van der Waals surface area contributed by atoms with Crippen LogP contribution in [-0.4, -0.2) is 44.4 Å². The van der Waals surface area contributed by atoms with Crippen molar-refractivity contribution in [3.05, 3.63) is 12.2 Å². The lowest BCUT2D eigenvalue weighted by atomic mass is 9.94. The van der Waals surface area contributed by atoms with Gasteiger partial charge in [0.1, 0.15) is 0 Å². The Morgan fingerprint density at radius 1 is 0.929 bits per heavy atom. The number of hydrogen-bond donors (Lipinski definition) is 0. The zero-order chi connectivity index (χ0) is 21.2. The predicted molar refractivity (Wildman–Crippen MR) is 105 cm³/mol. The maximum Gasteiger partial charge on any atom is 0.348 e. The molecule has 0 N–H and O–H groups in total. The molecule has 2 unspecified atom stereocenters. The maximum atomic E-state index is 14.0. The molecule has 0 bridgehead atoms. The molecule has 0 amide bonds. The summed E-state index contributed by atoms with van der Waals surface area (Å²) in [4.78, 5) is 10.7. The SMILES string of the molecule is C=C(C(=O)OC)C12CC1CC(P(=O)(OCC)OCC)(P(=O)(OCC)OCC)C2. The lowest BCUT2D eigenvalue weighted by molar-refractivity contribution is -0.136. The summed E-state index contributed by atoms with van der Waals surface area (Å²) in [5, 5.41) is 0. The lowest BCUT2D eigenvalue weighted by Crippen LogP contribution is -2.33. The summed E-state index contributed by atoms with van der Waals surface area (Å²) in [6.07, 6.45) is 1.05. The Hall–Kier alpha value is -0.490. The van der Waals surface area contributed by atoms with Crippen molar-refractivity contribution >= 4 is 21.2 Å². The molecule has 2 aliphatic rings. The number of rotatable bonds is 12. The van der Waals surface area contributed by atoms with Crippen LogP contribution in [0, 0.1) is 11.3 Å². The second kappa shape index (κ2) is 8.71. The van der Waals surface area contributed by atoms with Gasteiger partial charge in [-0.2, -0.15) is 0 Å². The topological polar surface area (TPSA) is 97.4 Å². The Balaban J connectivity index is 2.60. The van der Waals surface area contributed by atoms with Crippen LogP contribution in [0.15, 0.2) is 12.2 Å². The van der Waals surface area contributed by atoms with E-state index in [1.807, 2.05) is 0 Å². The molecule has 8 nitrogen and oxygen atoms in total. The minimum absolute atomic E-state index is 0.0393. The summed E-state index contributed by atoms with van der Waals surface area (Å²) in [6.45, 7) is 11.2. The lowest BCUT2D eigenvalue weighted by Gasteiger charge is -2.41. The van der Waals surface area contributed by atoms with E-state index in [9.17, 15) is 13.9 Å². The molecule has 2 rings (SSSR count). The van der Waals surface area contributed by atoms with Crippen LogP contribution in [0.4, 0.5) is 0 Å². The van der Waals surface area contributed by atoms with Gasteiger partial charge in [0.2, 0.25) is 0 Å². The highest BCUT2D eigenvalue weighted by atomic mass is 31.2. The fourth-order valence-electron chi connectivity index (χ4n) is 4.44. The average molecular weight is 438 g/mol. The van der Waals surface area contributed by atoms with E-state index in [1.165, 1.54) is 7.11 Å². The van der Waals surface area contributed by atoms with Crippen LogP contribution < -0.4 is 0 Å². The molecule has 0 aromatic rings. The van der Waals surface area contributed by atoms with Crippen LogP contribution >= 0.6 is 15.2 Å². The first kappa shape index (κ1) is 23.8. The standard InChI is InChI=1S/C18H32O8P2/c1-7-23-27(20,24-8-2)18(28(21,25-9-3)26-10-4)12-15-11-17(15,13-18)14(5)16(19)22-6/h15H,5,7-13H2,1-4,6H3. The van der Waals surface area contributed by atoms with Crippen molar-refractivity contribution in [2.75, 3.05) is 33.5 Å². The van der Waals surface area contributed by atoms with Crippen molar-refractivity contribution in [2.24, 2.45) is 11.3 Å². The number of fused-ring (bicyclic) bond motifs is 1. The third-order valence-electron chi connectivity index (χ3n) is 5.65. The van der Waals surface area contributed by atoms with Crippen molar-refractivity contribution in [3.63, 3.8) is 0 Å². The number of methoxy groups -OCH3 is 1. The zero-order valence-corrected chi connectivity index (χ0v) is 19.2. The molecule has 0 radical (unpaired) electrons. The van der Waals surface area contributed by atoms with Gasteiger partial charge in [-0.05, 0) is 52.9 Å². The molecule has 2 atom stereocenters. The van der Waals surface area contributed by atoms with Crippen molar-refractivity contribution in [1.29, 1.82) is 0 Å². The maximum absolute atomic E-state index is 14.0. The van der Waals surface area contributed by atoms with Crippen LogP contribution in [0.25, 0.3) is 0 Å². The molecule has 0 heterocycles. The van der Waals surface area contributed by atoms with E-state index in [4.69, 9.17) is 22.8 Å². The minimum Gasteiger partial charge on any atom is -0.466 e. The molecule has 10 heteroatoms. The first-order chi connectivity index (χ1) is 13.2. The number of carbonyl (C=O) groups excluding carboxylic acids is 1. The monoisotopic (exact) mass is 438 g/mol. The van der Waals surface area contributed by atoms with Gasteiger partial charge in [0.15, 0.2) is 4.90 Å². The Morgan fingerprint density at radius 3 is 1.71 bits per heavy atom. The molecule has 28 heavy (non-hydrogen) atoms. The van der Waals surface area contributed by atoms with E-state index in [0.717, 1.165) is 0 Å². The van der Waals surface area contributed by atoms with E-state index < -0.39 is 31.5 Å². The molecule has 2 saturated carbocycles. The van der Waals surface area contributed by atoms with Gasteiger partial charge < -0.3 is 22.8 Å². The Bertz CT molecular complexity index is 656. The van der Waals surface area contributed by atoms with E-state index in [-0.39, 0.29) is 45.2 Å². The van der Waals surface area contributed by atoms with Gasteiger partial charge >= 0.3 is 21.2 Å². The summed E-state index contributed by atoms with van der Waals surface area (Å²) >= 11 is 0. The van der Waals surface area contributed by atoms with E-state index in [0.29, 0.717) is 12.0 Å². The second-order valence-electron chi connectivity index (χ2n) is 7.06. The van der Waals surface area contributed by atoms with E-state index in [1.54, 1.807) is 27.7 Å². The first-order valence-electron chi connectivity index (χ1n) is 9.72. The van der Waals surface area contributed by atoms with E-state index in [2.05, 4.69) is 6.58 Å². The highest BCUT2D eigenvalue weighted by molar-refractivity contribution is 7.74. The van der Waals surface area contributed by atoms with Crippen LogP contribution in [0.3, 0.4) is 0 Å². The number of carbonyl (C=O) groups is 1. The molecule has 0 aromatic heterocycles. The Morgan fingerprint density at radius 2 is 1.36 bits per heavy atom. The molecular weight excluding hydrogens is 406 g/mol. The van der Waals surface area contributed by atoms with Crippen LogP contribution in [-0.2, 0) is 36.8 Å². The second-order valence-corrected chi connectivity index (χ2v) is 12.1. The minimum atomic E-state index is -3.91. The van der Waals surface area contributed by atoms with Crippen LogP contribution in [0.5, 0.6) is 0 Å². The quantitative estimate of drug-likeness (QED) is 0.245. The summed E-state index contributed by atoms with van der Waals surface area (Å²) in [6, 6.07) is 0. The van der Waals surface area contributed by atoms with Gasteiger partial charge in [-0.25, -0.2) is 4.79 Å². The largest absolute Gasteiger partial charge is 0.466 e. The Labute approximate surface area is 167 Å². The highest BCUT2D eigenvalue weighted by Gasteiger charge is 2.79. The summed E-state index contributed by atoms with van der Waals surface area (Å²) in [5.41, 5.74) is -0.359. The smallest absolute Gasteiger partial charge is 0.348 e. The third kappa shape index (κ3) is 3.57. The van der Waals surface area contributed by atoms with Crippen molar-refractivity contribution in [1.82, 2.24) is 0 Å². The molecule has 0 aromatic carbocycles. The van der Waals surface area contributed by atoms with Gasteiger partial charge in [0.05, 0.1) is 33.5 Å². The molecule has 0 spiro atoms. The fourth-order valence-corrected chi connectivity index (χ4v) is 10.6. The normalized spacial score (nSPS) is 26.0. The molecular formula is C18H32O8P2. The number of esters is 1. The van der Waals surface area contributed by atoms with Crippen molar-refractivity contribution < 1.29 is 36.8 Å². The van der Waals surface area contributed by atoms with Gasteiger partial charge in [-0.1, -0.05) is 6.58 Å². The first-order valence-corrected chi connectivity index (χ1v) is 12.8. The summed E-state index contributed by atoms with van der Waals surface area (Å²) in [7, 11) is -6.53. The number of hydrogen-bond acceptors (Lipinski definition) is 8. The van der Waals surface area contributed by atoms with Gasteiger partial charge in [-0.15, -0.1) is 0 Å². The van der Waals surface area contributed by atoms with Gasteiger partial charge in [0, 0.05) is 11.0 Å². The predicted octanol–water partition coefficient (Wildman–Crippen LogP) is 4.74. The number of ether oxygens (including phenoxy) is 1. The molecule has 0 saturated heterocycles. The van der Waals surface area contributed by atoms with Crippen molar-refractivity contribution in [3.8, 4) is 0 Å². The van der Waals surface area contributed by atoms with Gasteiger partial charge in [-0.3, -0.25) is 9.13 Å². The zero-order valence-electron chi connectivity index (χ0n) is 17.4. The Kier molecular flexibility index (Phi) is 7.40. The highest BCUT2D eigenvalue weighted by Crippen LogP contribution is 2.89. The molecule has 0 aliphatic heterocycles. The van der Waals surface area contributed by atoms with Gasteiger partial charge in [0.25, 0.3) is 0 Å².